The highest BCUT2D eigenvalue weighted by Gasteiger charge is 2.30. The first kappa shape index (κ1) is 13.7. The summed E-state index contributed by atoms with van der Waals surface area (Å²) >= 11 is 0. The fourth-order valence-electron chi connectivity index (χ4n) is 1.53. The molecule has 2 aromatic rings. The predicted octanol–water partition coefficient (Wildman–Crippen LogP) is 4.20. The summed E-state index contributed by atoms with van der Waals surface area (Å²) in [5.74, 6) is -0.275. The molecule has 0 aliphatic carbocycles. The Morgan fingerprint density at radius 2 is 1.40 bits per heavy atom. The Balaban J connectivity index is 2.05. The number of hydrogen-bond acceptors (Lipinski definition) is 3. The topological polar surface area (TPSA) is 45.0 Å². The maximum absolute atomic E-state index is 12.0. The van der Waals surface area contributed by atoms with Gasteiger partial charge in [0.05, 0.1) is 11.6 Å². The second kappa shape index (κ2) is 5.53. The van der Waals surface area contributed by atoms with Crippen molar-refractivity contribution in [3.8, 4) is 11.8 Å². The van der Waals surface area contributed by atoms with Crippen molar-refractivity contribution in [1.29, 1.82) is 5.26 Å². The quantitative estimate of drug-likeness (QED) is 0.915. The summed E-state index contributed by atoms with van der Waals surface area (Å²) in [6.07, 6.45) is -4.69. The van der Waals surface area contributed by atoms with Crippen LogP contribution in [0.25, 0.3) is 0 Å². The van der Waals surface area contributed by atoms with Crippen LogP contribution in [0.15, 0.2) is 48.5 Å². The lowest BCUT2D eigenvalue weighted by Crippen LogP contribution is -2.16. The van der Waals surface area contributed by atoms with Crippen LogP contribution in [0.2, 0.25) is 0 Å². The Hall–Kier alpha value is -2.68. The van der Waals surface area contributed by atoms with Gasteiger partial charge in [0.15, 0.2) is 0 Å². The number of hydrogen-bond donors (Lipinski definition) is 1. The van der Waals surface area contributed by atoms with Gasteiger partial charge in [-0.2, -0.15) is 5.26 Å². The first-order valence-electron chi connectivity index (χ1n) is 5.59. The highest BCUT2D eigenvalue weighted by Crippen LogP contribution is 2.25. The second-order valence-electron chi connectivity index (χ2n) is 3.89. The van der Waals surface area contributed by atoms with Gasteiger partial charge in [-0.15, -0.1) is 13.2 Å². The number of alkyl halides is 3. The summed E-state index contributed by atoms with van der Waals surface area (Å²) in [5, 5.41) is 11.7. The molecule has 0 aromatic heterocycles. The normalized spacial score (nSPS) is 10.7. The van der Waals surface area contributed by atoms with E-state index in [9.17, 15) is 13.2 Å². The van der Waals surface area contributed by atoms with Crippen molar-refractivity contribution < 1.29 is 17.9 Å². The van der Waals surface area contributed by atoms with Crippen LogP contribution in [0.3, 0.4) is 0 Å². The van der Waals surface area contributed by atoms with Crippen molar-refractivity contribution in [3.05, 3.63) is 54.1 Å². The van der Waals surface area contributed by atoms with E-state index in [0.29, 0.717) is 11.3 Å². The molecule has 0 saturated carbocycles. The van der Waals surface area contributed by atoms with Gasteiger partial charge in [0.1, 0.15) is 5.75 Å². The Morgan fingerprint density at radius 3 is 1.85 bits per heavy atom. The SMILES string of the molecule is N#Cc1ccc(Nc2ccc(OC(F)(F)F)cc2)cc1. The number of nitrogens with one attached hydrogen (secondary N) is 1. The number of halogens is 3. The van der Waals surface area contributed by atoms with E-state index in [1.54, 1.807) is 24.3 Å². The second-order valence-corrected chi connectivity index (χ2v) is 3.89. The Bertz CT molecular complexity index is 613. The van der Waals surface area contributed by atoms with Gasteiger partial charge in [0, 0.05) is 11.4 Å². The summed E-state index contributed by atoms with van der Waals surface area (Å²) in [5.41, 5.74) is 1.88. The molecule has 0 heterocycles. The Kier molecular flexibility index (Phi) is 3.80. The molecule has 0 aliphatic heterocycles. The molecule has 0 saturated heterocycles. The van der Waals surface area contributed by atoms with Crippen molar-refractivity contribution in [3.63, 3.8) is 0 Å². The van der Waals surface area contributed by atoms with Gasteiger partial charge in [-0.05, 0) is 48.5 Å². The van der Waals surface area contributed by atoms with Crippen molar-refractivity contribution in [1.82, 2.24) is 0 Å². The monoisotopic (exact) mass is 278 g/mol. The van der Waals surface area contributed by atoms with Crippen LogP contribution in [-0.2, 0) is 0 Å². The fraction of sp³-hybridized carbons (Fsp3) is 0.0714. The molecule has 0 atom stereocenters. The zero-order valence-electron chi connectivity index (χ0n) is 10.1. The lowest BCUT2D eigenvalue weighted by atomic mass is 10.2. The van der Waals surface area contributed by atoms with Gasteiger partial charge in [-0.3, -0.25) is 0 Å². The van der Waals surface area contributed by atoms with Crippen molar-refractivity contribution in [2.75, 3.05) is 5.32 Å². The first-order chi connectivity index (χ1) is 9.46. The fourth-order valence-corrected chi connectivity index (χ4v) is 1.53. The van der Waals surface area contributed by atoms with E-state index in [1.165, 1.54) is 24.3 Å². The maximum Gasteiger partial charge on any atom is 0.573 e. The molecular weight excluding hydrogens is 269 g/mol. The van der Waals surface area contributed by atoms with Gasteiger partial charge in [0.2, 0.25) is 0 Å². The predicted molar refractivity (Wildman–Crippen MR) is 67.6 cm³/mol. The van der Waals surface area contributed by atoms with Crippen LogP contribution in [0.5, 0.6) is 5.75 Å². The summed E-state index contributed by atoms with van der Waals surface area (Å²) < 4.78 is 39.8. The summed E-state index contributed by atoms with van der Waals surface area (Å²) in [4.78, 5) is 0. The van der Waals surface area contributed by atoms with E-state index in [0.717, 1.165) is 5.69 Å². The number of benzene rings is 2. The molecule has 0 unspecified atom stereocenters. The van der Waals surface area contributed by atoms with E-state index < -0.39 is 6.36 Å². The molecule has 1 N–H and O–H groups in total. The third kappa shape index (κ3) is 3.92. The van der Waals surface area contributed by atoms with Gasteiger partial charge >= 0.3 is 6.36 Å². The molecule has 2 aromatic carbocycles. The summed E-state index contributed by atoms with van der Waals surface area (Å²) in [6.45, 7) is 0. The average molecular weight is 278 g/mol. The van der Waals surface area contributed by atoms with Crippen LogP contribution in [0.1, 0.15) is 5.56 Å². The summed E-state index contributed by atoms with van der Waals surface area (Å²) in [7, 11) is 0. The molecule has 102 valence electrons. The van der Waals surface area contributed by atoms with Crippen molar-refractivity contribution >= 4 is 11.4 Å². The zero-order chi connectivity index (χ0) is 14.6. The molecule has 6 heteroatoms. The molecule has 0 fully saturated rings. The smallest absolute Gasteiger partial charge is 0.406 e. The van der Waals surface area contributed by atoms with Crippen molar-refractivity contribution in [2.24, 2.45) is 0 Å². The van der Waals surface area contributed by atoms with E-state index >= 15 is 0 Å². The van der Waals surface area contributed by atoms with Crippen molar-refractivity contribution in [2.45, 2.75) is 6.36 Å². The molecule has 3 nitrogen and oxygen atoms in total. The molecule has 2 rings (SSSR count). The van der Waals surface area contributed by atoms with Crippen LogP contribution < -0.4 is 10.1 Å². The molecule has 0 spiro atoms. The Labute approximate surface area is 113 Å². The molecule has 0 amide bonds. The lowest BCUT2D eigenvalue weighted by Gasteiger charge is -2.10. The number of rotatable bonds is 3. The number of nitriles is 1. The summed E-state index contributed by atoms with van der Waals surface area (Å²) in [6, 6.07) is 14.1. The largest absolute Gasteiger partial charge is 0.573 e. The van der Waals surface area contributed by atoms with E-state index in [1.807, 2.05) is 6.07 Å². The third-order valence-electron chi connectivity index (χ3n) is 2.39. The lowest BCUT2D eigenvalue weighted by molar-refractivity contribution is -0.274. The minimum atomic E-state index is -4.69. The minimum Gasteiger partial charge on any atom is -0.406 e. The minimum absolute atomic E-state index is 0.275. The molecular formula is C14H9F3N2O. The van der Waals surface area contributed by atoms with Crippen LogP contribution >= 0.6 is 0 Å². The van der Waals surface area contributed by atoms with Gasteiger partial charge in [-0.1, -0.05) is 0 Å². The third-order valence-corrected chi connectivity index (χ3v) is 2.39. The average Bonchev–Trinajstić information content (AvgIpc) is 2.40. The standard InChI is InChI=1S/C14H9F3N2O/c15-14(16,17)20-13-7-5-12(6-8-13)19-11-3-1-10(9-18)2-4-11/h1-8,19H. The van der Waals surface area contributed by atoms with E-state index in [-0.39, 0.29) is 5.75 Å². The zero-order valence-corrected chi connectivity index (χ0v) is 10.1. The number of nitrogens with zero attached hydrogens (tertiary/aromatic N) is 1. The molecule has 0 radical (unpaired) electrons. The first-order valence-corrected chi connectivity index (χ1v) is 5.59. The van der Waals surface area contributed by atoms with Gasteiger partial charge in [-0.25, -0.2) is 0 Å². The van der Waals surface area contributed by atoms with Crippen LogP contribution in [-0.4, -0.2) is 6.36 Å². The van der Waals surface area contributed by atoms with Crippen LogP contribution in [0, 0.1) is 11.3 Å². The molecule has 0 aliphatic rings. The van der Waals surface area contributed by atoms with E-state index in [4.69, 9.17) is 5.26 Å². The van der Waals surface area contributed by atoms with Gasteiger partial charge in [0.25, 0.3) is 0 Å². The van der Waals surface area contributed by atoms with Gasteiger partial charge < -0.3 is 10.1 Å². The molecule has 0 bridgehead atoms. The molecule has 20 heavy (non-hydrogen) atoms. The highest BCUT2D eigenvalue weighted by atomic mass is 19.4. The van der Waals surface area contributed by atoms with E-state index in [2.05, 4.69) is 10.1 Å². The Morgan fingerprint density at radius 1 is 0.900 bits per heavy atom. The number of anilines is 2. The maximum atomic E-state index is 12.0. The number of ether oxygens (including phenoxy) is 1. The van der Waals surface area contributed by atoms with Crippen LogP contribution in [0.4, 0.5) is 24.5 Å². The highest BCUT2D eigenvalue weighted by molar-refractivity contribution is 5.61.